The van der Waals surface area contributed by atoms with Crippen LogP contribution in [0.1, 0.15) is 26.2 Å². The number of benzene rings is 1. The van der Waals surface area contributed by atoms with Crippen molar-refractivity contribution < 1.29 is 4.52 Å². The summed E-state index contributed by atoms with van der Waals surface area (Å²) in [5.74, 6) is 1.13. The fraction of sp³-hybridized carbons (Fsp3) is 0.500. The first-order valence-electron chi connectivity index (χ1n) is 7.70. The molecule has 2 heterocycles. The predicted octanol–water partition coefficient (Wildman–Crippen LogP) is 3.02. The molecule has 21 heavy (non-hydrogen) atoms. The van der Waals surface area contributed by atoms with E-state index < -0.39 is 0 Å². The van der Waals surface area contributed by atoms with Gasteiger partial charge >= 0.3 is 0 Å². The third kappa shape index (κ3) is 3.61. The maximum Gasteiger partial charge on any atom is 0.263 e. The van der Waals surface area contributed by atoms with Crippen molar-refractivity contribution in [2.75, 3.05) is 25.0 Å². The van der Waals surface area contributed by atoms with Gasteiger partial charge in [-0.25, -0.2) is 0 Å². The molecule has 0 aliphatic carbocycles. The molecule has 112 valence electrons. The number of nitrogens with zero attached hydrogens (tertiary/aromatic N) is 3. The smallest absolute Gasteiger partial charge is 0.263 e. The number of likely N-dealkylation sites (tertiary alicyclic amines) is 1. The van der Waals surface area contributed by atoms with Gasteiger partial charge in [0.15, 0.2) is 0 Å². The quantitative estimate of drug-likeness (QED) is 0.915. The van der Waals surface area contributed by atoms with Gasteiger partial charge in [-0.1, -0.05) is 24.6 Å². The van der Waals surface area contributed by atoms with Gasteiger partial charge in [-0.3, -0.25) is 4.90 Å². The third-order valence-electron chi connectivity index (χ3n) is 4.07. The average molecular weight is 286 g/mol. The van der Waals surface area contributed by atoms with E-state index in [0.29, 0.717) is 17.9 Å². The summed E-state index contributed by atoms with van der Waals surface area (Å²) in [4.78, 5) is 6.90. The number of hydrogen-bond donors (Lipinski definition) is 1. The van der Waals surface area contributed by atoms with Crippen LogP contribution in [-0.2, 0) is 0 Å². The number of hydrogen-bond acceptors (Lipinski definition) is 5. The lowest BCUT2D eigenvalue weighted by Gasteiger charge is -2.33. The van der Waals surface area contributed by atoms with Gasteiger partial charge in [0.2, 0.25) is 0 Å². The molecular formula is C16H22N4O. The van der Waals surface area contributed by atoms with E-state index in [1.807, 2.05) is 30.3 Å². The molecule has 1 aromatic carbocycles. The van der Waals surface area contributed by atoms with Crippen molar-refractivity contribution in [2.24, 2.45) is 0 Å². The highest BCUT2D eigenvalue weighted by Gasteiger charge is 2.17. The molecule has 2 aromatic rings. The Morgan fingerprint density at radius 1 is 1.29 bits per heavy atom. The minimum absolute atomic E-state index is 0.560. The monoisotopic (exact) mass is 286 g/mol. The number of piperidine rings is 1. The minimum atomic E-state index is 0.560. The van der Waals surface area contributed by atoms with Crippen molar-refractivity contribution in [2.45, 2.75) is 32.2 Å². The Hall–Kier alpha value is -1.88. The zero-order valence-electron chi connectivity index (χ0n) is 12.5. The van der Waals surface area contributed by atoms with Crippen LogP contribution in [0.4, 0.5) is 5.95 Å². The van der Waals surface area contributed by atoms with Crippen LogP contribution in [0, 0.1) is 0 Å². The second-order valence-electron chi connectivity index (χ2n) is 5.60. The van der Waals surface area contributed by atoms with E-state index in [0.717, 1.165) is 18.7 Å². The van der Waals surface area contributed by atoms with Gasteiger partial charge in [0.25, 0.3) is 11.8 Å². The summed E-state index contributed by atoms with van der Waals surface area (Å²) in [7, 11) is 0. The van der Waals surface area contributed by atoms with Crippen molar-refractivity contribution in [1.29, 1.82) is 0 Å². The van der Waals surface area contributed by atoms with E-state index in [2.05, 4.69) is 27.3 Å². The zero-order valence-corrected chi connectivity index (χ0v) is 12.5. The molecule has 1 aromatic heterocycles. The van der Waals surface area contributed by atoms with Gasteiger partial charge < -0.3 is 9.84 Å². The number of anilines is 1. The summed E-state index contributed by atoms with van der Waals surface area (Å²) < 4.78 is 5.28. The molecule has 1 aliphatic heterocycles. The maximum atomic E-state index is 5.28. The molecule has 3 rings (SSSR count). The molecule has 5 nitrogen and oxygen atoms in total. The lowest BCUT2D eigenvalue weighted by molar-refractivity contribution is 0.167. The Balaban J connectivity index is 1.51. The van der Waals surface area contributed by atoms with Gasteiger partial charge in [0.05, 0.1) is 0 Å². The number of aromatic nitrogens is 2. The van der Waals surface area contributed by atoms with Gasteiger partial charge in [-0.15, -0.1) is 0 Å². The van der Waals surface area contributed by atoms with Crippen LogP contribution in [0.3, 0.4) is 0 Å². The summed E-state index contributed by atoms with van der Waals surface area (Å²) in [5.41, 5.74) is 0.947. The summed E-state index contributed by atoms with van der Waals surface area (Å²) in [6, 6.07) is 10.5. The second-order valence-corrected chi connectivity index (χ2v) is 5.60. The Morgan fingerprint density at radius 3 is 2.95 bits per heavy atom. The van der Waals surface area contributed by atoms with E-state index in [-0.39, 0.29) is 0 Å². The fourth-order valence-corrected chi connectivity index (χ4v) is 2.79. The Kier molecular flexibility index (Phi) is 4.50. The van der Waals surface area contributed by atoms with Gasteiger partial charge in [-0.05, 0) is 43.6 Å². The first kappa shape index (κ1) is 14.1. The highest BCUT2D eigenvalue weighted by atomic mass is 16.5. The van der Waals surface area contributed by atoms with Gasteiger partial charge in [0, 0.05) is 24.7 Å². The largest absolute Gasteiger partial charge is 0.350 e. The summed E-state index contributed by atoms with van der Waals surface area (Å²) in [5, 5.41) is 7.22. The third-order valence-corrected chi connectivity index (χ3v) is 4.07. The van der Waals surface area contributed by atoms with Crippen LogP contribution in [0.5, 0.6) is 0 Å². The molecule has 0 amide bonds. The van der Waals surface area contributed by atoms with Crippen LogP contribution in [0.2, 0.25) is 0 Å². The van der Waals surface area contributed by atoms with Crippen LogP contribution in [-0.4, -0.2) is 40.7 Å². The maximum absolute atomic E-state index is 5.28. The first-order valence-corrected chi connectivity index (χ1v) is 7.70. The highest BCUT2D eigenvalue weighted by molar-refractivity contribution is 5.53. The topological polar surface area (TPSA) is 54.2 Å². The van der Waals surface area contributed by atoms with Crippen molar-refractivity contribution in [1.82, 2.24) is 15.0 Å². The molecule has 5 heteroatoms. The van der Waals surface area contributed by atoms with E-state index in [1.54, 1.807) is 0 Å². The SMILES string of the molecule is CC1CCCCN1CCNc1noc(-c2ccccc2)n1. The van der Waals surface area contributed by atoms with E-state index in [1.165, 1.54) is 25.8 Å². The van der Waals surface area contributed by atoms with Crippen molar-refractivity contribution >= 4 is 5.95 Å². The van der Waals surface area contributed by atoms with Crippen molar-refractivity contribution in [3.8, 4) is 11.5 Å². The number of nitrogens with one attached hydrogen (secondary N) is 1. The van der Waals surface area contributed by atoms with Crippen molar-refractivity contribution in [3.05, 3.63) is 30.3 Å². The Bertz CT molecular complexity index is 554. The van der Waals surface area contributed by atoms with Crippen LogP contribution < -0.4 is 5.32 Å². The molecule has 1 N–H and O–H groups in total. The second kappa shape index (κ2) is 6.72. The summed E-state index contributed by atoms with van der Waals surface area (Å²) >= 11 is 0. The van der Waals surface area contributed by atoms with Gasteiger partial charge in [0.1, 0.15) is 0 Å². The van der Waals surface area contributed by atoms with E-state index in [9.17, 15) is 0 Å². The van der Waals surface area contributed by atoms with Crippen LogP contribution in [0.25, 0.3) is 11.5 Å². The van der Waals surface area contributed by atoms with Crippen LogP contribution in [0.15, 0.2) is 34.9 Å². The molecule has 0 saturated carbocycles. The fourth-order valence-electron chi connectivity index (χ4n) is 2.79. The molecule has 1 aliphatic rings. The Morgan fingerprint density at radius 2 is 2.14 bits per heavy atom. The van der Waals surface area contributed by atoms with Crippen LogP contribution >= 0.6 is 0 Å². The van der Waals surface area contributed by atoms with E-state index >= 15 is 0 Å². The molecule has 1 atom stereocenters. The first-order chi connectivity index (χ1) is 10.3. The molecule has 0 radical (unpaired) electrons. The van der Waals surface area contributed by atoms with Gasteiger partial charge in [-0.2, -0.15) is 4.98 Å². The molecule has 1 fully saturated rings. The zero-order chi connectivity index (χ0) is 14.5. The average Bonchev–Trinajstić information content (AvgIpc) is 2.99. The molecule has 1 saturated heterocycles. The normalized spacial score (nSPS) is 19.6. The summed E-state index contributed by atoms with van der Waals surface area (Å²) in [6.45, 7) is 5.37. The highest BCUT2D eigenvalue weighted by Crippen LogP contribution is 2.18. The Labute approximate surface area is 125 Å². The van der Waals surface area contributed by atoms with E-state index in [4.69, 9.17) is 4.52 Å². The molecule has 0 bridgehead atoms. The minimum Gasteiger partial charge on any atom is -0.350 e. The van der Waals surface area contributed by atoms with Crippen molar-refractivity contribution in [3.63, 3.8) is 0 Å². The lowest BCUT2D eigenvalue weighted by atomic mass is 10.0. The number of rotatable bonds is 5. The molecule has 0 spiro atoms. The predicted molar refractivity (Wildman–Crippen MR) is 83.1 cm³/mol. The lowest BCUT2D eigenvalue weighted by Crippen LogP contribution is -2.40. The standard InChI is InChI=1S/C16H22N4O/c1-13-7-5-6-11-20(13)12-10-17-16-18-15(21-19-16)14-8-3-2-4-9-14/h2-4,8-9,13H,5-7,10-12H2,1H3,(H,17,19). The molecule has 1 unspecified atom stereocenters. The summed E-state index contributed by atoms with van der Waals surface area (Å²) in [6.07, 6.45) is 3.97. The molecular weight excluding hydrogens is 264 g/mol.